The fraction of sp³-hybridized carbons (Fsp3) is 0.818. The highest BCUT2D eigenvalue weighted by atomic mass is 16.5. The number of rotatable bonds is 10. The van der Waals surface area contributed by atoms with Crippen molar-refractivity contribution in [3.63, 3.8) is 0 Å². The largest absolute Gasteiger partial charge is 0.389 e. The van der Waals surface area contributed by atoms with E-state index in [2.05, 4.69) is 15.4 Å². The lowest BCUT2D eigenvalue weighted by Gasteiger charge is -2.11. The van der Waals surface area contributed by atoms with Gasteiger partial charge in [-0.2, -0.15) is 5.10 Å². The third-order valence-electron chi connectivity index (χ3n) is 2.29. The van der Waals surface area contributed by atoms with Crippen molar-refractivity contribution in [1.29, 1.82) is 0 Å². The van der Waals surface area contributed by atoms with E-state index >= 15 is 0 Å². The minimum Gasteiger partial charge on any atom is -0.389 e. The normalized spacial score (nSPS) is 12.8. The molecule has 1 heterocycles. The summed E-state index contributed by atoms with van der Waals surface area (Å²) in [5.41, 5.74) is 0. The monoisotopic (exact) mass is 258 g/mol. The van der Waals surface area contributed by atoms with Crippen LogP contribution in [0.1, 0.15) is 5.82 Å². The fourth-order valence-corrected chi connectivity index (χ4v) is 1.39. The van der Waals surface area contributed by atoms with Gasteiger partial charge in [0.15, 0.2) is 5.82 Å². The van der Waals surface area contributed by atoms with Crippen molar-refractivity contribution in [1.82, 2.24) is 20.1 Å². The summed E-state index contributed by atoms with van der Waals surface area (Å²) in [6.07, 6.45) is 1.92. The van der Waals surface area contributed by atoms with Crippen LogP contribution in [0.4, 0.5) is 0 Å². The molecule has 2 N–H and O–H groups in total. The van der Waals surface area contributed by atoms with Gasteiger partial charge in [-0.15, -0.1) is 0 Å². The van der Waals surface area contributed by atoms with Gasteiger partial charge in [0, 0.05) is 33.7 Å². The molecule has 0 aromatic carbocycles. The second-order valence-electron chi connectivity index (χ2n) is 4.01. The number of aromatic nitrogens is 3. The highest BCUT2D eigenvalue weighted by molar-refractivity contribution is 4.82. The Morgan fingerprint density at radius 1 is 1.50 bits per heavy atom. The molecule has 7 heteroatoms. The molecule has 0 aliphatic rings. The number of hydrogen-bond donors (Lipinski definition) is 2. The van der Waals surface area contributed by atoms with Gasteiger partial charge in [0.05, 0.1) is 25.9 Å². The molecular formula is C11H22N4O3. The number of nitrogens with zero attached hydrogens (tertiary/aromatic N) is 3. The highest BCUT2D eigenvalue weighted by Gasteiger charge is 2.04. The summed E-state index contributed by atoms with van der Waals surface area (Å²) < 4.78 is 11.7. The fourth-order valence-electron chi connectivity index (χ4n) is 1.39. The summed E-state index contributed by atoms with van der Waals surface area (Å²) >= 11 is 0. The van der Waals surface area contributed by atoms with Crippen LogP contribution < -0.4 is 5.32 Å². The van der Waals surface area contributed by atoms with Gasteiger partial charge in [0.1, 0.15) is 6.33 Å². The highest BCUT2D eigenvalue weighted by Crippen LogP contribution is 1.89. The minimum atomic E-state index is -0.501. The van der Waals surface area contributed by atoms with Crippen LogP contribution in [0.15, 0.2) is 6.33 Å². The molecule has 0 aliphatic carbocycles. The average molecular weight is 258 g/mol. The lowest BCUT2D eigenvalue weighted by molar-refractivity contribution is 0.0139. The Balaban J connectivity index is 1.96. The van der Waals surface area contributed by atoms with Crippen molar-refractivity contribution in [3.05, 3.63) is 12.2 Å². The van der Waals surface area contributed by atoms with E-state index in [1.165, 1.54) is 0 Å². The molecule has 0 fully saturated rings. The number of aliphatic hydroxyl groups is 1. The SMILES string of the molecule is COCCOCC(O)CNCCc1ncn(C)n1. The quantitative estimate of drug-likeness (QED) is 0.522. The lowest BCUT2D eigenvalue weighted by atomic mass is 10.3. The average Bonchev–Trinajstić information content (AvgIpc) is 2.76. The molecule has 1 unspecified atom stereocenters. The molecular weight excluding hydrogens is 236 g/mol. The maximum absolute atomic E-state index is 9.59. The first-order valence-corrected chi connectivity index (χ1v) is 6.02. The maximum atomic E-state index is 9.59. The van der Waals surface area contributed by atoms with E-state index in [0.717, 1.165) is 18.8 Å². The zero-order valence-corrected chi connectivity index (χ0v) is 11.0. The van der Waals surface area contributed by atoms with Crippen LogP contribution in [0.5, 0.6) is 0 Å². The second kappa shape index (κ2) is 8.98. The van der Waals surface area contributed by atoms with Crippen LogP contribution in [0.3, 0.4) is 0 Å². The summed E-state index contributed by atoms with van der Waals surface area (Å²) in [6, 6.07) is 0. The summed E-state index contributed by atoms with van der Waals surface area (Å²) in [4.78, 5) is 4.11. The molecule has 0 radical (unpaired) electrons. The Morgan fingerprint density at radius 3 is 3.00 bits per heavy atom. The Labute approximate surface area is 107 Å². The van der Waals surface area contributed by atoms with Gasteiger partial charge in [0.25, 0.3) is 0 Å². The van der Waals surface area contributed by atoms with Crippen molar-refractivity contribution in [2.75, 3.05) is 40.0 Å². The van der Waals surface area contributed by atoms with E-state index in [1.807, 2.05) is 7.05 Å². The third-order valence-corrected chi connectivity index (χ3v) is 2.29. The molecule has 0 aliphatic heterocycles. The molecule has 0 spiro atoms. The lowest BCUT2D eigenvalue weighted by Crippen LogP contribution is -2.32. The van der Waals surface area contributed by atoms with Crippen molar-refractivity contribution >= 4 is 0 Å². The van der Waals surface area contributed by atoms with Crippen LogP contribution in [0.2, 0.25) is 0 Å². The summed E-state index contributed by atoms with van der Waals surface area (Å²) in [6.45, 7) is 2.61. The zero-order chi connectivity index (χ0) is 13.2. The third kappa shape index (κ3) is 6.65. The zero-order valence-electron chi connectivity index (χ0n) is 11.0. The minimum absolute atomic E-state index is 0.318. The van der Waals surface area contributed by atoms with Crippen molar-refractivity contribution in [3.8, 4) is 0 Å². The number of nitrogens with one attached hydrogen (secondary N) is 1. The van der Waals surface area contributed by atoms with E-state index in [4.69, 9.17) is 9.47 Å². The van der Waals surface area contributed by atoms with E-state index in [0.29, 0.717) is 26.4 Å². The smallest absolute Gasteiger partial charge is 0.151 e. The van der Waals surface area contributed by atoms with Crippen LogP contribution >= 0.6 is 0 Å². The Hall–Kier alpha value is -1.02. The van der Waals surface area contributed by atoms with E-state index in [1.54, 1.807) is 18.1 Å². The summed E-state index contributed by atoms with van der Waals surface area (Å²) in [5.74, 6) is 0.802. The number of aliphatic hydroxyl groups excluding tert-OH is 1. The van der Waals surface area contributed by atoms with Crippen molar-refractivity contribution < 1.29 is 14.6 Å². The first kappa shape index (κ1) is 15.0. The number of aryl methyl sites for hydroxylation is 1. The first-order chi connectivity index (χ1) is 8.72. The van der Waals surface area contributed by atoms with Gasteiger partial charge >= 0.3 is 0 Å². The van der Waals surface area contributed by atoms with Crippen LogP contribution in [-0.4, -0.2) is 66.0 Å². The summed E-state index contributed by atoms with van der Waals surface area (Å²) in [5, 5.41) is 16.9. The van der Waals surface area contributed by atoms with Gasteiger partial charge in [-0.05, 0) is 0 Å². The molecule has 7 nitrogen and oxygen atoms in total. The summed E-state index contributed by atoms with van der Waals surface area (Å²) in [7, 11) is 3.46. The van der Waals surface area contributed by atoms with Gasteiger partial charge in [-0.3, -0.25) is 4.68 Å². The molecule has 0 saturated heterocycles. The van der Waals surface area contributed by atoms with Crippen LogP contribution in [0.25, 0.3) is 0 Å². The molecule has 18 heavy (non-hydrogen) atoms. The van der Waals surface area contributed by atoms with Crippen LogP contribution in [0, 0.1) is 0 Å². The molecule has 1 rings (SSSR count). The molecule has 0 saturated carbocycles. The first-order valence-electron chi connectivity index (χ1n) is 6.02. The number of hydrogen-bond acceptors (Lipinski definition) is 6. The second-order valence-corrected chi connectivity index (χ2v) is 4.01. The Kier molecular flexibility index (Phi) is 7.51. The molecule has 1 aromatic heterocycles. The topological polar surface area (TPSA) is 81.4 Å². The van der Waals surface area contributed by atoms with Crippen LogP contribution in [-0.2, 0) is 22.9 Å². The number of methoxy groups -OCH3 is 1. The Bertz CT molecular complexity index is 319. The Morgan fingerprint density at radius 2 is 2.33 bits per heavy atom. The number of ether oxygens (including phenoxy) is 2. The van der Waals surface area contributed by atoms with E-state index in [9.17, 15) is 5.11 Å². The van der Waals surface area contributed by atoms with E-state index in [-0.39, 0.29) is 0 Å². The van der Waals surface area contributed by atoms with Gasteiger partial charge in [-0.1, -0.05) is 0 Å². The molecule has 104 valence electrons. The van der Waals surface area contributed by atoms with Gasteiger partial charge in [-0.25, -0.2) is 4.98 Å². The van der Waals surface area contributed by atoms with Crippen molar-refractivity contribution in [2.45, 2.75) is 12.5 Å². The van der Waals surface area contributed by atoms with Gasteiger partial charge in [0.2, 0.25) is 0 Å². The van der Waals surface area contributed by atoms with Crippen molar-refractivity contribution in [2.24, 2.45) is 7.05 Å². The molecule has 1 atom stereocenters. The predicted octanol–water partition coefficient (Wildman–Crippen LogP) is -1.03. The van der Waals surface area contributed by atoms with E-state index < -0.39 is 6.10 Å². The molecule has 0 bridgehead atoms. The maximum Gasteiger partial charge on any atom is 0.151 e. The standard InChI is InChI=1S/C11H22N4O3/c1-15-9-13-11(14-15)3-4-12-7-10(16)8-18-6-5-17-2/h9-10,12,16H,3-8H2,1-2H3. The molecule has 0 amide bonds. The van der Waals surface area contributed by atoms with Gasteiger partial charge < -0.3 is 19.9 Å². The molecule has 1 aromatic rings. The predicted molar refractivity (Wildman–Crippen MR) is 66.3 cm³/mol.